The van der Waals surface area contributed by atoms with Crippen molar-refractivity contribution in [2.24, 2.45) is 0 Å². The number of hydrogen-bond donors (Lipinski definition) is 2. The van der Waals surface area contributed by atoms with Gasteiger partial charge < -0.3 is 10.4 Å². The Morgan fingerprint density at radius 1 is 1.47 bits per heavy atom. The summed E-state index contributed by atoms with van der Waals surface area (Å²) in [7, 11) is -3.13. The molecule has 1 aliphatic heterocycles. The third-order valence-corrected chi connectivity index (χ3v) is 5.43. The van der Waals surface area contributed by atoms with Crippen LogP contribution >= 0.6 is 0 Å². The lowest BCUT2D eigenvalue weighted by atomic mass is 10.2. The zero-order chi connectivity index (χ0) is 14.0. The van der Waals surface area contributed by atoms with Gasteiger partial charge in [0.15, 0.2) is 9.84 Å². The highest BCUT2D eigenvalue weighted by molar-refractivity contribution is 7.92. The van der Waals surface area contributed by atoms with Gasteiger partial charge in [-0.1, -0.05) is 0 Å². The third-order valence-electron chi connectivity index (χ3n) is 3.15. The molecule has 104 valence electrons. The number of phenols is 1. The molecule has 1 aromatic rings. The largest absolute Gasteiger partial charge is 0.508 e. The van der Waals surface area contributed by atoms with Crippen molar-refractivity contribution in [3.8, 4) is 5.75 Å². The molecule has 1 amide bonds. The predicted octanol–water partition coefficient (Wildman–Crippen LogP) is 0.838. The first-order valence-electron chi connectivity index (χ1n) is 5.88. The van der Waals surface area contributed by atoms with Gasteiger partial charge in [-0.25, -0.2) is 12.8 Å². The molecular weight excluding hydrogens is 273 g/mol. The van der Waals surface area contributed by atoms with Crippen LogP contribution in [-0.4, -0.2) is 37.0 Å². The average Bonchev–Trinajstić information content (AvgIpc) is 2.65. The zero-order valence-corrected chi connectivity index (χ0v) is 10.9. The van der Waals surface area contributed by atoms with Crippen molar-refractivity contribution in [1.82, 2.24) is 5.32 Å². The van der Waals surface area contributed by atoms with E-state index in [1.54, 1.807) is 0 Å². The van der Waals surface area contributed by atoms with E-state index in [1.165, 1.54) is 6.07 Å². The third kappa shape index (κ3) is 3.04. The number of aromatic hydroxyl groups is 1. The van der Waals surface area contributed by atoms with Crippen LogP contribution in [0.3, 0.4) is 0 Å². The Kier molecular flexibility index (Phi) is 3.75. The van der Waals surface area contributed by atoms with E-state index in [4.69, 9.17) is 5.11 Å². The molecule has 1 saturated heterocycles. The van der Waals surface area contributed by atoms with Crippen LogP contribution in [0.1, 0.15) is 23.2 Å². The molecule has 2 rings (SSSR count). The molecule has 0 aliphatic carbocycles. The fourth-order valence-electron chi connectivity index (χ4n) is 2.08. The summed E-state index contributed by atoms with van der Waals surface area (Å²) in [6, 6.07) is 3.19. The topological polar surface area (TPSA) is 83.5 Å². The standard InChI is InChI=1S/C12H14FNO4S/c13-11-6-8(15)3-4-10(11)12(16)14-7-9-2-1-5-19(9,17)18/h3-4,6,9,15H,1-2,5,7H2,(H,14,16). The van der Waals surface area contributed by atoms with E-state index in [0.717, 1.165) is 12.1 Å². The summed E-state index contributed by atoms with van der Waals surface area (Å²) in [4.78, 5) is 11.7. The molecule has 5 nitrogen and oxygen atoms in total. The number of amides is 1. The molecular formula is C12H14FNO4S. The van der Waals surface area contributed by atoms with Crippen LogP contribution in [0.4, 0.5) is 4.39 Å². The highest BCUT2D eigenvalue weighted by atomic mass is 32.2. The smallest absolute Gasteiger partial charge is 0.254 e. The van der Waals surface area contributed by atoms with Gasteiger partial charge in [0.05, 0.1) is 16.6 Å². The van der Waals surface area contributed by atoms with Crippen molar-refractivity contribution in [3.05, 3.63) is 29.6 Å². The molecule has 0 saturated carbocycles. The number of rotatable bonds is 3. The van der Waals surface area contributed by atoms with Crippen LogP contribution in [0.5, 0.6) is 5.75 Å². The van der Waals surface area contributed by atoms with Gasteiger partial charge in [0.2, 0.25) is 0 Å². The molecule has 2 N–H and O–H groups in total. The van der Waals surface area contributed by atoms with Gasteiger partial charge in [-0.3, -0.25) is 4.79 Å². The van der Waals surface area contributed by atoms with Gasteiger partial charge in [-0.05, 0) is 25.0 Å². The fourth-order valence-corrected chi connectivity index (χ4v) is 3.84. The Hall–Kier alpha value is -1.63. The number of benzene rings is 1. The number of carbonyl (C=O) groups is 1. The number of nitrogens with one attached hydrogen (secondary N) is 1. The van der Waals surface area contributed by atoms with Gasteiger partial charge >= 0.3 is 0 Å². The minimum Gasteiger partial charge on any atom is -0.508 e. The molecule has 7 heteroatoms. The molecule has 19 heavy (non-hydrogen) atoms. The van der Waals surface area contributed by atoms with Gasteiger partial charge in [-0.15, -0.1) is 0 Å². The second-order valence-electron chi connectivity index (χ2n) is 4.51. The number of sulfone groups is 1. The van der Waals surface area contributed by atoms with E-state index in [9.17, 15) is 17.6 Å². The maximum atomic E-state index is 13.4. The highest BCUT2D eigenvalue weighted by Gasteiger charge is 2.31. The monoisotopic (exact) mass is 287 g/mol. The van der Waals surface area contributed by atoms with E-state index >= 15 is 0 Å². The summed E-state index contributed by atoms with van der Waals surface area (Å²) in [5, 5.41) is 10.9. The van der Waals surface area contributed by atoms with Crippen molar-refractivity contribution >= 4 is 15.7 Å². The number of carbonyl (C=O) groups excluding carboxylic acids is 1. The lowest BCUT2D eigenvalue weighted by Crippen LogP contribution is -2.34. The summed E-state index contributed by atoms with van der Waals surface area (Å²) in [5.41, 5.74) is -0.215. The quantitative estimate of drug-likeness (QED) is 0.863. The molecule has 1 aromatic carbocycles. The van der Waals surface area contributed by atoms with Gasteiger partial charge in [0, 0.05) is 12.6 Å². The summed E-state index contributed by atoms with van der Waals surface area (Å²) in [6.07, 6.45) is 1.11. The van der Waals surface area contributed by atoms with Crippen LogP contribution in [0.2, 0.25) is 0 Å². The molecule has 1 unspecified atom stereocenters. The Bertz CT molecular complexity index is 600. The first kappa shape index (κ1) is 13.8. The summed E-state index contributed by atoms with van der Waals surface area (Å²) in [5.74, 6) is -1.65. The molecule has 1 fully saturated rings. The average molecular weight is 287 g/mol. The maximum Gasteiger partial charge on any atom is 0.254 e. The van der Waals surface area contributed by atoms with Gasteiger partial charge in [0.1, 0.15) is 11.6 Å². The first-order chi connectivity index (χ1) is 8.90. The van der Waals surface area contributed by atoms with Crippen molar-refractivity contribution < 1.29 is 22.7 Å². The lowest BCUT2D eigenvalue weighted by molar-refractivity contribution is 0.0949. The van der Waals surface area contributed by atoms with E-state index in [0.29, 0.717) is 12.8 Å². The Balaban J connectivity index is 2.02. The molecule has 1 atom stereocenters. The van der Waals surface area contributed by atoms with E-state index < -0.39 is 26.8 Å². The van der Waals surface area contributed by atoms with Crippen molar-refractivity contribution in [2.75, 3.05) is 12.3 Å². The first-order valence-corrected chi connectivity index (χ1v) is 7.60. The normalized spacial score (nSPS) is 21.2. The molecule has 1 aliphatic rings. The lowest BCUT2D eigenvalue weighted by Gasteiger charge is -2.11. The van der Waals surface area contributed by atoms with Crippen LogP contribution in [-0.2, 0) is 9.84 Å². The molecule has 0 radical (unpaired) electrons. The molecule has 0 spiro atoms. The highest BCUT2D eigenvalue weighted by Crippen LogP contribution is 2.19. The number of hydrogen-bond acceptors (Lipinski definition) is 4. The Morgan fingerprint density at radius 2 is 2.21 bits per heavy atom. The van der Waals surface area contributed by atoms with Crippen LogP contribution in [0, 0.1) is 5.82 Å². The molecule has 0 bridgehead atoms. The number of halogens is 1. The fraction of sp³-hybridized carbons (Fsp3) is 0.417. The summed E-state index contributed by atoms with van der Waals surface area (Å²) in [6.45, 7) is -0.0124. The second kappa shape index (κ2) is 5.16. The number of phenolic OH excluding ortho intramolecular Hbond substituents is 1. The molecule has 1 heterocycles. The van der Waals surface area contributed by atoms with E-state index in [2.05, 4.69) is 5.32 Å². The minimum atomic E-state index is -3.13. The Labute approximate surface area is 110 Å². The Morgan fingerprint density at radius 3 is 2.79 bits per heavy atom. The summed E-state index contributed by atoms with van der Waals surface area (Å²) < 4.78 is 36.5. The van der Waals surface area contributed by atoms with Gasteiger partial charge in [0.25, 0.3) is 5.91 Å². The minimum absolute atomic E-state index is 0.0124. The van der Waals surface area contributed by atoms with Crippen LogP contribution < -0.4 is 5.32 Å². The van der Waals surface area contributed by atoms with Crippen LogP contribution in [0.25, 0.3) is 0 Å². The second-order valence-corrected chi connectivity index (χ2v) is 6.91. The van der Waals surface area contributed by atoms with E-state index in [1.807, 2.05) is 0 Å². The van der Waals surface area contributed by atoms with Crippen molar-refractivity contribution in [1.29, 1.82) is 0 Å². The zero-order valence-electron chi connectivity index (χ0n) is 10.1. The predicted molar refractivity (Wildman–Crippen MR) is 67.2 cm³/mol. The maximum absolute atomic E-state index is 13.4. The van der Waals surface area contributed by atoms with Crippen LogP contribution in [0.15, 0.2) is 18.2 Å². The van der Waals surface area contributed by atoms with E-state index in [-0.39, 0.29) is 23.6 Å². The molecule has 0 aromatic heterocycles. The van der Waals surface area contributed by atoms with Crippen molar-refractivity contribution in [2.45, 2.75) is 18.1 Å². The van der Waals surface area contributed by atoms with Crippen molar-refractivity contribution in [3.63, 3.8) is 0 Å². The van der Waals surface area contributed by atoms with Gasteiger partial charge in [-0.2, -0.15) is 0 Å². The SMILES string of the molecule is O=C(NCC1CCCS1(=O)=O)c1ccc(O)cc1F. The summed E-state index contributed by atoms with van der Waals surface area (Å²) >= 11 is 0.